The summed E-state index contributed by atoms with van der Waals surface area (Å²) >= 11 is 7.31. The monoisotopic (exact) mass is 407 g/mol. The van der Waals surface area contributed by atoms with Crippen molar-refractivity contribution in [2.75, 3.05) is 5.32 Å². The topological polar surface area (TPSA) is 88.2 Å². The average molecular weight is 408 g/mol. The van der Waals surface area contributed by atoms with Gasteiger partial charge >= 0.3 is 0 Å². The number of anilines is 1. The molecule has 0 spiro atoms. The van der Waals surface area contributed by atoms with Crippen LogP contribution in [0.5, 0.6) is 0 Å². The quantitative estimate of drug-likeness (QED) is 0.654. The van der Waals surface area contributed by atoms with Crippen LogP contribution in [0.15, 0.2) is 65.0 Å². The van der Waals surface area contributed by atoms with Gasteiger partial charge in [0.2, 0.25) is 10.0 Å². The lowest BCUT2D eigenvalue weighted by atomic mass is 10.2. The van der Waals surface area contributed by atoms with E-state index in [2.05, 4.69) is 15.0 Å². The number of rotatable bonds is 6. The zero-order valence-electron chi connectivity index (χ0n) is 13.3. The van der Waals surface area contributed by atoms with Crippen LogP contribution in [0.2, 0.25) is 5.02 Å². The molecule has 3 aromatic rings. The molecule has 0 aliphatic heterocycles. The molecule has 0 radical (unpaired) electrons. The summed E-state index contributed by atoms with van der Waals surface area (Å²) in [6, 6.07) is 13.2. The summed E-state index contributed by atoms with van der Waals surface area (Å²) in [7, 11) is -3.88. The fourth-order valence-corrected chi connectivity index (χ4v) is 4.22. The number of hydrogen-bond donors (Lipinski definition) is 2. The normalized spacial score (nSPS) is 11.3. The number of benzene rings is 2. The van der Waals surface area contributed by atoms with E-state index in [0.717, 1.165) is 5.56 Å². The van der Waals surface area contributed by atoms with Crippen molar-refractivity contribution in [1.82, 2.24) is 9.71 Å². The molecule has 3 rings (SSSR count). The summed E-state index contributed by atoms with van der Waals surface area (Å²) in [6.07, 6.45) is 1.56. The van der Waals surface area contributed by atoms with Gasteiger partial charge in [0, 0.05) is 23.7 Å². The number of halogens is 1. The minimum atomic E-state index is -3.88. The Bertz CT molecular complexity index is 1010. The molecule has 2 N–H and O–H groups in total. The number of amides is 1. The maximum Gasteiger partial charge on any atom is 0.257 e. The molecule has 1 aromatic heterocycles. The Hall–Kier alpha value is -2.26. The number of nitrogens with zero attached hydrogens (tertiary/aromatic N) is 1. The Kier molecular flexibility index (Phi) is 5.67. The number of aromatic nitrogens is 1. The van der Waals surface area contributed by atoms with Crippen LogP contribution in [-0.2, 0) is 16.6 Å². The zero-order valence-corrected chi connectivity index (χ0v) is 15.7. The Labute approximate surface area is 159 Å². The van der Waals surface area contributed by atoms with Gasteiger partial charge in [-0.15, -0.1) is 11.3 Å². The van der Waals surface area contributed by atoms with Crippen molar-refractivity contribution >= 4 is 44.0 Å². The first-order valence-corrected chi connectivity index (χ1v) is 10.2. The van der Waals surface area contributed by atoms with E-state index in [-0.39, 0.29) is 22.0 Å². The van der Waals surface area contributed by atoms with Crippen molar-refractivity contribution in [3.63, 3.8) is 0 Å². The van der Waals surface area contributed by atoms with Gasteiger partial charge in [-0.1, -0.05) is 41.9 Å². The molecular weight excluding hydrogens is 394 g/mol. The molecule has 0 aliphatic carbocycles. The van der Waals surface area contributed by atoms with Crippen LogP contribution in [0, 0.1) is 0 Å². The molecule has 6 nitrogen and oxygen atoms in total. The van der Waals surface area contributed by atoms with Gasteiger partial charge in [-0.2, -0.15) is 0 Å². The number of carbonyl (C=O) groups excluding carboxylic acids is 1. The molecule has 0 atom stereocenters. The van der Waals surface area contributed by atoms with Gasteiger partial charge in [0.25, 0.3) is 5.91 Å². The van der Waals surface area contributed by atoms with E-state index in [4.69, 9.17) is 11.6 Å². The third kappa shape index (κ3) is 4.47. The molecule has 134 valence electrons. The molecule has 0 fully saturated rings. The highest BCUT2D eigenvalue weighted by atomic mass is 35.5. The van der Waals surface area contributed by atoms with Crippen molar-refractivity contribution in [2.24, 2.45) is 0 Å². The number of thiazole rings is 1. The third-order valence-electron chi connectivity index (χ3n) is 3.44. The van der Waals surface area contributed by atoms with E-state index in [1.54, 1.807) is 11.6 Å². The van der Waals surface area contributed by atoms with Crippen LogP contribution in [0.1, 0.15) is 15.9 Å². The van der Waals surface area contributed by atoms with Crippen LogP contribution in [0.3, 0.4) is 0 Å². The van der Waals surface area contributed by atoms with Crippen molar-refractivity contribution in [3.8, 4) is 0 Å². The number of carbonyl (C=O) groups is 1. The first kappa shape index (κ1) is 18.5. The number of nitrogens with one attached hydrogen (secondary N) is 2. The minimum Gasteiger partial charge on any atom is -0.298 e. The van der Waals surface area contributed by atoms with Gasteiger partial charge in [0.1, 0.15) is 4.90 Å². The predicted octanol–water partition coefficient (Wildman–Crippen LogP) is 3.53. The van der Waals surface area contributed by atoms with Crippen molar-refractivity contribution < 1.29 is 13.2 Å². The van der Waals surface area contributed by atoms with Crippen molar-refractivity contribution in [3.05, 3.63) is 76.3 Å². The van der Waals surface area contributed by atoms with E-state index in [1.807, 2.05) is 30.3 Å². The van der Waals surface area contributed by atoms with Gasteiger partial charge in [-0.25, -0.2) is 18.1 Å². The summed E-state index contributed by atoms with van der Waals surface area (Å²) in [5, 5.41) is 4.79. The van der Waals surface area contributed by atoms with Crippen LogP contribution in [0.25, 0.3) is 0 Å². The number of hydrogen-bond acceptors (Lipinski definition) is 5. The lowest BCUT2D eigenvalue weighted by molar-refractivity contribution is 0.102. The smallest absolute Gasteiger partial charge is 0.257 e. The molecule has 26 heavy (non-hydrogen) atoms. The predicted molar refractivity (Wildman–Crippen MR) is 102 cm³/mol. The Morgan fingerprint density at radius 3 is 2.62 bits per heavy atom. The zero-order chi connectivity index (χ0) is 18.6. The first-order valence-electron chi connectivity index (χ1n) is 7.50. The van der Waals surface area contributed by atoms with E-state index in [1.165, 1.54) is 29.5 Å². The summed E-state index contributed by atoms with van der Waals surface area (Å²) in [5.74, 6) is -0.462. The lowest BCUT2D eigenvalue weighted by Gasteiger charge is -2.10. The summed E-state index contributed by atoms with van der Waals surface area (Å²) in [6.45, 7) is 0.120. The Morgan fingerprint density at radius 2 is 1.92 bits per heavy atom. The van der Waals surface area contributed by atoms with Gasteiger partial charge in [-0.3, -0.25) is 10.1 Å². The van der Waals surface area contributed by atoms with Crippen LogP contribution in [0.4, 0.5) is 5.13 Å². The highest BCUT2D eigenvalue weighted by molar-refractivity contribution is 7.89. The molecule has 9 heteroatoms. The second kappa shape index (κ2) is 7.96. The second-order valence-corrected chi connectivity index (χ2v) is 8.28. The average Bonchev–Trinajstić information content (AvgIpc) is 3.14. The molecule has 1 amide bonds. The summed E-state index contributed by atoms with van der Waals surface area (Å²) < 4.78 is 27.7. The highest BCUT2D eigenvalue weighted by Crippen LogP contribution is 2.23. The molecule has 2 aromatic carbocycles. The molecule has 0 saturated heterocycles. The van der Waals surface area contributed by atoms with Gasteiger partial charge in [0.05, 0.1) is 5.02 Å². The van der Waals surface area contributed by atoms with Crippen molar-refractivity contribution in [1.29, 1.82) is 0 Å². The maximum absolute atomic E-state index is 12.6. The standard InChI is InChI=1S/C17H14ClN3O3S2/c18-14-7-6-13(16(22)21-17-19-8-9-25-17)10-15(14)26(23,24)20-11-12-4-2-1-3-5-12/h1-10,20H,11H2,(H,19,21,22). The number of sulfonamides is 1. The Morgan fingerprint density at radius 1 is 1.15 bits per heavy atom. The third-order valence-corrected chi connectivity index (χ3v) is 6.02. The maximum atomic E-state index is 12.6. The SMILES string of the molecule is O=C(Nc1nccs1)c1ccc(Cl)c(S(=O)(=O)NCc2ccccc2)c1. The molecular formula is C17H14ClN3O3S2. The molecule has 0 saturated carbocycles. The van der Waals surface area contributed by atoms with Crippen LogP contribution in [-0.4, -0.2) is 19.3 Å². The summed E-state index contributed by atoms with van der Waals surface area (Å²) in [5.41, 5.74) is 0.981. The van der Waals surface area contributed by atoms with E-state index in [9.17, 15) is 13.2 Å². The molecule has 0 bridgehead atoms. The molecule has 0 aliphatic rings. The fourth-order valence-electron chi connectivity index (χ4n) is 2.16. The minimum absolute atomic E-state index is 0.0383. The van der Waals surface area contributed by atoms with Gasteiger partial charge in [0.15, 0.2) is 5.13 Å². The van der Waals surface area contributed by atoms with Crippen LogP contribution >= 0.6 is 22.9 Å². The second-order valence-electron chi connectivity index (χ2n) is 5.25. The van der Waals surface area contributed by atoms with E-state index < -0.39 is 15.9 Å². The largest absolute Gasteiger partial charge is 0.298 e. The van der Waals surface area contributed by atoms with Gasteiger partial charge in [-0.05, 0) is 23.8 Å². The highest BCUT2D eigenvalue weighted by Gasteiger charge is 2.20. The van der Waals surface area contributed by atoms with E-state index in [0.29, 0.717) is 5.13 Å². The fraction of sp³-hybridized carbons (Fsp3) is 0.0588. The van der Waals surface area contributed by atoms with Gasteiger partial charge < -0.3 is 0 Å². The summed E-state index contributed by atoms with van der Waals surface area (Å²) in [4.78, 5) is 16.1. The first-order chi connectivity index (χ1) is 12.5. The van der Waals surface area contributed by atoms with Crippen LogP contribution < -0.4 is 10.0 Å². The molecule has 1 heterocycles. The van der Waals surface area contributed by atoms with Crippen molar-refractivity contribution in [2.45, 2.75) is 11.4 Å². The lowest BCUT2D eigenvalue weighted by Crippen LogP contribution is -2.24. The van der Waals surface area contributed by atoms with E-state index >= 15 is 0 Å². The Balaban J connectivity index is 1.81. The molecule has 0 unspecified atom stereocenters.